The first kappa shape index (κ1) is 12.7. The van der Waals surface area contributed by atoms with Crippen molar-refractivity contribution in [3.05, 3.63) is 28.3 Å². The monoisotopic (exact) mass is 315 g/mol. The molecule has 0 aromatic carbocycles. The van der Waals surface area contributed by atoms with Crippen LogP contribution in [0.25, 0.3) is 4.96 Å². The molecule has 7 nitrogen and oxygen atoms in total. The van der Waals surface area contributed by atoms with Crippen LogP contribution in [-0.2, 0) is 16.6 Å². The fraction of sp³-hybridized carbons (Fsp3) is 0.222. The van der Waals surface area contributed by atoms with E-state index in [2.05, 4.69) is 20.0 Å². The van der Waals surface area contributed by atoms with Crippen molar-refractivity contribution < 1.29 is 8.42 Å². The molecule has 3 rings (SSSR count). The van der Waals surface area contributed by atoms with E-state index >= 15 is 0 Å². The Morgan fingerprint density at radius 3 is 2.89 bits per heavy atom. The molecule has 0 aliphatic heterocycles. The fourth-order valence-electron chi connectivity index (χ4n) is 1.46. The van der Waals surface area contributed by atoms with Gasteiger partial charge in [-0.25, -0.2) is 13.1 Å². The number of aromatic nitrogens is 4. The van der Waals surface area contributed by atoms with E-state index in [0.29, 0.717) is 14.2 Å². The van der Waals surface area contributed by atoms with Crippen LogP contribution < -0.4 is 4.72 Å². The Morgan fingerprint density at radius 1 is 1.37 bits per heavy atom. The van der Waals surface area contributed by atoms with Crippen molar-refractivity contribution in [2.45, 2.75) is 17.7 Å². The summed E-state index contributed by atoms with van der Waals surface area (Å²) in [6, 6.07) is 3.38. The van der Waals surface area contributed by atoms with Crippen molar-refractivity contribution >= 4 is 37.7 Å². The van der Waals surface area contributed by atoms with Crippen LogP contribution in [0.3, 0.4) is 0 Å². The molecule has 0 unspecified atom stereocenters. The van der Waals surface area contributed by atoms with Crippen LogP contribution in [0.2, 0.25) is 0 Å². The lowest BCUT2D eigenvalue weighted by Gasteiger charge is -2.01. The van der Waals surface area contributed by atoms with Gasteiger partial charge >= 0.3 is 0 Å². The quantitative estimate of drug-likeness (QED) is 0.777. The second-order valence-electron chi connectivity index (χ2n) is 3.74. The molecule has 0 saturated heterocycles. The number of nitrogens with one attached hydrogen (secondary N) is 1. The van der Waals surface area contributed by atoms with Crippen molar-refractivity contribution in [3.63, 3.8) is 0 Å². The second-order valence-corrected chi connectivity index (χ2v) is 8.07. The molecule has 0 spiro atoms. The number of fused-ring (bicyclic) bond motifs is 1. The van der Waals surface area contributed by atoms with E-state index < -0.39 is 10.0 Å². The minimum atomic E-state index is -3.47. The maximum absolute atomic E-state index is 12.0. The summed E-state index contributed by atoms with van der Waals surface area (Å²) >= 11 is 2.54. The number of hydrogen-bond acceptors (Lipinski definition) is 7. The van der Waals surface area contributed by atoms with Gasteiger partial charge in [0.25, 0.3) is 0 Å². The van der Waals surface area contributed by atoms with Gasteiger partial charge in [0.2, 0.25) is 15.0 Å². The van der Waals surface area contributed by atoms with E-state index in [1.165, 1.54) is 33.5 Å². The van der Waals surface area contributed by atoms with Gasteiger partial charge in [-0.15, -0.1) is 21.5 Å². The predicted octanol–water partition coefficient (Wildman–Crippen LogP) is 1.03. The highest BCUT2D eigenvalue weighted by molar-refractivity contribution is 7.91. The summed E-state index contributed by atoms with van der Waals surface area (Å²) in [6.07, 6.45) is 1.48. The minimum absolute atomic E-state index is 0.146. The lowest BCUT2D eigenvalue weighted by molar-refractivity contribution is 0.583. The van der Waals surface area contributed by atoms with Crippen LogP contribution in [0.1, 0.15) is 9.88 Å². The molecule has 3 aromatic heterocycles. The molecule has 0 bridgehead atoms. The van der Waals surface area contributed by atoms with E-state index in [4.69, 9.17) is 0 Å². The Bertz CT molecular complexity index is 787. The Labute approximate surface area is 117 Å². The van der Waals surface area contributed by atoms with Crippen molar-refractivity contribution in [2.24, 2.45) is 0 Å². The molecule has 0 saturated carbocycles. The topological polar surface area (TPSA) is 89.2 Å². The van der Waals surface area contributed by atoms with Crippen LogP contribution in [0.15, 0.2) is 22.7 Å². The molecular formula is C9H9N5O2S3. The van der Waals surface area contributed by atoms with Crippen LogP contribution >= 0.6 is 22.7 Å². The Morgan fingerprint density at radius 2 is 2.21 bits per heavy atom. The molecule has 10 heteroatoms. The zero-order valence-corrected chi connectivity index (χ0v) is 12.2. The number of hydrogen-bond donors (Lipinski definition) is 1. The molecule has 100 valence electrons. The zero-order chi connectivity index (χ0) is 13.5. The summed E-state index contributed by atoms with van der Waals surface area (Å²) in [5.41, 5.74) is 0. The number of rotatable bonds is 4. The predicted molar refractivity (Wildman–Crippen MR) is 71.7 cm³/mol. The Hall–Kier alpha value is -1.36. The largest absolute Gasteiger partial charge is 0.250 e. The SMILES string of the molecule is Cc1ccc(S(=O)(=O)NCc2nn3cnnc3s2)s1. The van der Waals surface area contributed by atoms with Gasteiger partial charge in [-0.05, 0) is 19.1 Å². The number of sulfonamides is 1. The molecule has 0 atom stereocenters. The molecule has 0 radical (unpaired) electrons. The number of nitrogens with zero attached hydrogens (tertiary/aromatic N) is 4. The molecule has 0 aliphatic carbocycles. The lowest BCUT2D eigenvalue weighted by Crippen LogP contribution is -2.22. The van der Waals surface area contributed by atoms with Crippen LogP contribution in [0, 0.1) is 6.92 Å². The first-order chi connectivity index (χ1) is 9.04. The third kappa shape index (κ3) is 2.52. The smallest absolute Gasteiger partial charge is 0.206 e. The number of thiophene rings is 1. The third-order valence-corrected chi connectivity index (χ3v) is 6.13. The number of aryl methyl sites for hydroxylation is 1. The average Bonchev–Trinajstić information content (AvgIpc) is 3.00. The van der Waals surface area contributed by atoms with Gasteiger partial charge in [0.15, 0.2) is 0 Å². The summed E-state index contributed by atoms with van der Waals surface area (Å²) in [5, 5.41) is 12.3. The van der Waals surface area contributed by atoms with Gasteiger partial charge < -0.3 is 0 Å². The van der Waals surface area contributed by atoms with Crippen LogP contribution in [0.4, 0.5) is 0 Å². The van der Waals surface area contributed by atoms with E-state index in [1.54, 1.807) is 12.1 Å². The molecule has 3 heterocycles. The summed E-state index contributed by atoms with van der Waals surface area (Å²) in [4.78, 5) is 1.60. The molecular weight excluding hydrogens is 306 g/mol. The maximum atomic E-state index is 12.0. The summed E-state index contributed by atoms with van der Waals surface area (Å²) < 4.78 is 28.4. The van der Waals surface area contributed by atoms with Crippen molar-refractivity contribution in [1.29, 1.82) is 0 Å². The molecule has 0 aliphatic rings. The Kier molecular flexibility index (Phi) is 3.09. The van der Waals surface area contributed by atoms with E-state index in [1.807, 2.05) is 6.92 Å². The molecule has 0 fully saturated rings. The van der Waals surface area contributed by atoms with Crippen molar-refractivity contribution in [2.75, 3.05) is 0 Å². The highest BCUT2D eigenvalue weighted by atomic mass is 32.2. The van der Waals surface area contributed by atoms with E-state index in [0.717, 1.165) is 4.88 Å². The first-order valence-electron chi connectivity index (χ1n) is 5.26. The summed E-state index contributed by atoms with van der Waals surface area (Å²) in [6.45, 7) is 2.01. The van der Waals surface area contributed by atoms with Gasteiger partial charge in [-0.1, -0.05) is 11.3 Å². The Balaban J connectivity index is 1.76. The summed E-state index contributed by atoms with van der Waals surface area (Å²) in [5.74, 6) is 0. The second kappa shape index (κ2) is 4.63. The fourth-order valence-corrected chi connectivity index (χ4v) is 4.62. The van der Waals surface area contributed by atoms with Gasteiger partial charge in [0.05, 0.1) is 6.54 Å². The zero-order valence-electron chi connectivity index (χ0n) is 9.77. The minimum Gasteiger partial charge on any atom is -0.206 e. The summed E-state index contributed by atoms with van der Waals surface area (Å²) in [7, 11) is -3.47. The van der Waals surface area contributed by atoms with Gasteiger partial charge in [-0.2, -0.15) is 9.61 Å². The van der Waals surface area contributed by atoms with E-state index in [-0.39, 0.29) is 6.54 Å². The average molecular weight is 315 g/mol. The van der Waals surface area contributed by atoms with E-state index in [9.17, 15) is 8.42 Å². The van der Waals surface area contributed by atoms with Crippen LogP contribution in [-0.4, -0.2) is 28.2 Å². The van der Waals surface area contributed by atoms with Gasteiger partial charge in [-0.3, -0.25) is 0 Å². The normalized spacial score (nSPS) is 12.3. The standard InChI is InChI=1S/C9H9N5O2S3/c1-6-2-3-8(17-6)19(15,16)11-4-7-13-14-5-10-12-9(14)18-7/h2-3,5,11H,4H2,1H3. The molecule has 3 aromatic rings. The van der Waals surface area contributed by atoms with Crippen molar-refractivity contribution in [1.82, 2.24) is 24.5 Å². The molecule has 19 heavy (non-hydrogen) atoms. The first-order valence-corrected chi connectivity index (χ1v) is 8.38. The van der Waals surface area contributed by atoms with Crippen LogP contribution in [0.5, 0.6) is 0 Å². The highest BCUT2D eigenvalue weighted by Gasteiger charge is 2.17. The molecule has 0 amide bonds. The van der Waals surface area contributed by atoms with Crippen molar-refractivity contribution in [3.8, 4) is 0 Å². The van der Waals surface area contributed by atoms with Gasteiger partial charge in [0, 0.05) is 4.88 Å². The molecule has 1 N–H and O–H groups in total. The maximum Gasteiger partial charge on any atom is 0.250 e. The van der Waals surface area contributed by atoms with Gasteiger partial charge in [0.1, 0.15) is 15.5 Å². The highest BCUT2D eigenvalue weighted by Crippen LogP contribution is 2.21. The third-order valence-electron chi connectivity index (χ3n) is 2.32. The lowest BCUT2D eigenvalue weighted by atomic mass is 10.5.